The summed E-state index contributed by atoms with van der Waals surface area (Å²) in [4.78, 5) is 12.5. The molecule has 112 valence electrons. The number of nitrogens with zero attached hydrogens (tertiary/aromatic N) is 3. The molecule has 0 amide bonds. The number of nitrogens with two attached hydrogens (primary N) is 1. The second-order valence-electron chi connectivity index (χ2n) is 4.32. The number of rotatable bonds is 8. The Labute approximate surface area is 122 Å². The Morgan fingerprint density at radius 2 is 2.14 bits per heavy atom. The highest BCUT2D eigenvalue weighted by molar-refractivity contribution is 6.09. The van der Waals surface area contributed by atoms with Gasteiger partial charge in [0.25, 0.3) is 0 Å². The van der Waals surface area contributed by atoms with Crippen LogP contribution in [0.25, 0.3) is 0 Å². The van der Waals surface area contributed by atoms with E-state index in [1.54, 1.807) is 36.2 Å². The lowest BCUT2D eigenvalue weighted by Gasteiger charge is -2.09. The minimum Gasteiger partial charge on any atom is -0.490 e. The molecule has 0 saturated carbocycles. The third-order valence-electron chi connectivity index (χ3n) is 2.81. The Hall–Kier alpha value is -2.25. The van der Waals surface area contributed by atoms with Gasteiger partial charge in [-0.1, -0.05) is 17.3 Å². The molecule has 0 aliphatic rings. The Kier molecular flexibility index (Phi) is 5.42. The number of benzene rings is 1. The average molecular weight is 290 g/mol. The molecule has 0 bridgehead atoms. The summed E-state index contributed by atoms with van der Waals surface area (Å²) < 4.78 is 12.0. The molecule has 0 aliphatic heterocycles. The SMILES string of the molecule is COCCOc1ccccc1C(=O)c1cn(CCN)nn1. The van der Waals surface area contributed by atoms with E-state index in [0.717, 1.165) is 0 Å². The van der Waals surface area contributed by atoms with Gasteiger partial charge in [-0.25, -0.2) is 0 Å². The molecule has 0 unspecified atom stereocenters. The Morgan fingerprint density at radius 3 is 2.90 bits per heavy atom. The first-order valence-corrected chi connectivity index (χ1v) is 6.62. The van der Waals surface area contributed by atoms with Crippen molar-refractivity contribution in [2.75, 3.05) is 26.9 Å². The molecule has 21 heavy (non-hydrogen) atoms. The number of ketones is 1. The van der Waals surface area contributed by atoms with Gasteiger partial charge in [0.2, 0.25) is 5.78 Å². The van der Waals surface area contributed by atoms with Gasteiger partial charge in [0, 0.05) is 13.7 Å². The van der Waals surface area contributed by atoms with Gasteiger partial charge in [0.05, 0.1) is 24.9 Å². The molecule has 1 heterocycles. The summed E-state index contributed by atoms with van der Waals surface area (Å²) >= 11 is 0. The van der Waals surface area contributed by atoms with Crippen LogP contribution < -0.4 is 10.5 Å². The van der Waals surface area contributed by atoms with E-state index >= 15 is 0 Å². The number of carbonyl (C=O) groups is 1. The highest BCUT2D eigenvalue weighted by Crippen LogP contribution is 2.20. The lowest BCUT2D eigenvalue weighted by Crippen LogP contribution is -2.10. The second-order valence-corrected chi connectivity index (χ2v) is 4.32. The minimum absolute atomic E-state index is 0.230. The van der Waals surface area contributed by atoms with Crippen molar-refractivity contribution in [1.29, 1.82) is 0 Å². The van der Waals surface area contributed by atoms with Crippen LogP contribution in [0.3, 0.4) is 0 Å². The molecule has 0 aliphatic carbocycles. The maximum absolute atomic E-state index is 12.5. The van der Waals surface area contributed by atoms with E-state index in [0.29, 0.717) is 37.6 Å². The predicted molar refractivity (Wildman–Crippen MR) is 76.3 cm³/mol. The van der Waals surface area contributed by atoms with E-state index in [1.807, 2.05) is 6.07 Å². The maximum atomic E-state index is 12.5. The van der Waals surface area contributed by atoms with Gasteiger partial charge in [-0.2, -0.15) is 0 Å². The average Bonchev–Trinajstić information content (AvgIpc) is 2.96. The van der Waals surface area contributed by atoms with Gasteiger partial charge in [0.15, 0.2) is 5.69 Å². The predicted octanol–water partition coefficient (Wildman–Crippen LogP) is 0.493. The highest BCUT2D eigenvalue weighted by Gasteiger charge is 2.17. The fraction of sp³-hybridized carbons (Fsp3) is 0.357. The molecule has 7 heteroatoms. The zero-order valence-corrected chi connectivity index (χ0v) is 11.9. The molecule has 2 aromatic rings. The first-order valence-electron chi connectivity index (χ1n) is 6.62. The van der Waals surface area contributed by atoms with Crippen LogP contribution in [0.2, 0.25) is 0 Å². The number of ether oxygens (including phenoxy) is 2. The summed E-state index contributed by atoms with van der Waals surface area (Å²) in [5, 5.41) is 7.74. The summed E-state index contributed by atoms with van der Waals surface area (Å²) in [5.74, 6) is 0.277. The number of para-hydroxylation sites is 1. The minimum atomic E-state index is -0.230. The van der Waals surface area contributed by atoms with E-state index < -0.39 is 0 Å². The summed E-state index contributed by atoms with van der Waals surface area (Å²) in [6.07, 6.45) is 1.58. The van der Waals surface area contributed by atoms with Crippen LogP contribution in [0.5, 0.6) is 5.75 Å². The number of hydrogen-bond acceptors (Lipinski definition) is 6. The Bertz CT molecular complexity index is 597. The summed E-state index contributed by atoms with van der Waals surface area (Å²) in [7, 11) is 1.59. The van der Waals surface area contributed by atoms with Crippen molar-refractivity contribution in [1.82, 2.24) is 15.0 Å². The van der Waals surface area contributed by atoms with Crippen LogP contribution in [-0.2, 0) is 11.3 Å². The van der Waals surface area contributed by atoms with E-state index in [-0.39, 0.29) is 11.5 Å². The molecule has 0 radical (unpaired) electrons. The normalized spacial score (nSPS) is 10.6. The van der Waals surface area contributed by atoms with Gasteiger partial charge in [-0.3, -0.25) is 9.48 Å². The quantitative estimate of drug-likeness (QED) is 0.562. The lowest BCUT2D eigenvalue weighted by atomic mass is 10.1. The van der Waals surface area contributed by atoms with Crippen molar-refractivity contribution in [2.45, 2.75) is 6.54 Å². The Morgan fingerprint density at radius 1 is 1.33 bits per heavy atom. The van der Waals surface area contributed by atoms with Crippen molar-refractivity contribution in [2.24, 2.45) is 5.73 Å². The van der Waals surface area contributed by atoms with E-state index in [9.17, 15) is 4.79 Å². The van der Waals surface area contributed by atoms with Gasteiger partial charge < -0.3 is 15.2 Å². The van der Waals surface area contributed by atoms with Crippen LogP contribution in [-0.4, -0.2) is 47.6 Å². The van der Waals surface area contributed by atoms with Crippen molar-refractivity contribution >= 4 is 5.78 Å². The summed E-state index contributed by atoms with van der Waals surface area (Å²) in [5.41, 5.74) is 6.17. The third-order valence-corrected chi connectivity index (χ3v) is 2.81. The van der Waals surface area contributed by atoms with Crippen molar-refractivity contribution in [3.63, 3.8) is 0 Å². The topological polar surface area (TPSA) is 92.3 Å². The fourth-order valence-corrected chi connectivity index (χ4v) is 1.80. The lowest BCUT2D eigenvalue weighted by molar-refractivity contribution is 0.102. The molecule has 2 N–H and O–H groups in total. The second kappa shape index (κ2) is 7.51. The molecular formula is C14H18N4O3. The largest absolute Gasteiger partial charge is 0.490 e. The molecule has 0 spiro atoms. The number of methoxy groups -OCH3 is 1. The number of carbonyl (C=O) groups excluding carboxylic acids is 1. The molecule has 1 aromatic heterocycles. The van der Waals surface area contributed by atoms with Crippen LogP contribution in [0.1, 0.15) is 16.1 Å². The molecule has 2 rings (SSSR count). The first kappa shape index (κ1) is 15.1. The van der Waals surface area contributed by atoms with Crippen LogP contribution >= 0.6 is 0 Å². The number of hydrogen-bond donors (Lipinski definition) is 1. The van der Waals surface area contributed by atoms with Crippen LogP contribution in [0.4, 0.5) is 0 Å². The van der Waals surface area contributed by atoms with E-state index in [2.05, 4.69) is 10.3 Å². The standard InChI is InChI=1S/C14H18N4O3/c1-20-8-9-21-13-5-3-2-4-11(13)14(19)12-10-18(7-6-15)17-16-12/h2-5,10H,6-9,15H2,1H3. The van der Waals surface area contributed by atoms with Gasteiger partial charge in [-0.05, 0) is 12.1 Å². The zero-order chi connectivity index (χ0) is 15.1. The fourth-order valence-electron chi connectivity index (χ4n) is 1.80. The maximum Gasteiger partial charge on any atom is 0.218 e. The molecule has 0 fully saturated rings. The van der Waals surface area contributed by atoms with Gasteiger partial charge in [-0.15, -0.1) is 5.10 Å². The van der Waals surface area contributed by atoms with Crippen LogP contribution in [0, 0.1) is 0 Å². The smallest absolute Gasteiger partial charge is 0.218 e. The van der Waals surface area contributed by atoms with Crippen molar-refractivity contribution in [3.8, 4) is 5.75 Å². The monoisotopic (exact) mass is 290 g/mol. The number of aromatic nitrogens is 3. The molecule has 0 atom stereocenters. The summed E-state index contributed by atoms with van der Waals surface area (Å²) in [6.45, 7) is 1.79. The first-order chi connectivity index (χ1) is 10.3. The van der Waals surface area contributed by atoms with Gasteiger partial charge in [0.1, 0.15) is 12.4 Å². The Balaban J connectivity index is 2.17. The molecule has 1 aromatic carbocycles. The van der Waals surface area contributed by atoms with Crippen molar-refractivity contribution < 1.29 is 14.3 Å². The highest BCUT2D eigenvalue weighted by atomic mass is 16.5. The molecule has 0 saturated heterocycles. The molecule has 7 nitrogen and oxygen atoms in total. The summed E-state index contributed by atoms with van der Waals surface area (Å²) in [6, 6.07) is 7.03. The molecular weight excluding hydrogens is 272 g/mol. The van der Waals surface area contributed by atoms with Crippen LogP contribution in [0.15, 0.2) is 30.5 Å². The third kappa shape index (κ3) is 3.87. The van der Waals surface area contributed by atoms with Crippen molar-refractivity contribution in [3.05, 3.63) is 41.7 Å². The zero-order valence-electron chi connectivity index (χ0n) is 11.9. The van der Waals surface area contributed by atoms with Gasteiger partial charge >= 0.3 is 0 Å². The van der Waals surface area contributed by atoms with E-state index in [1.165, 1.54) is 0 Å². The van der Waals surface area contributed by atoms with E-state index in [4.69, 9.17) is 15.2 Å².